The van der Waals surface area contributed by atoms with E-state index in [1.807, 2.05) is 39.0 Å². The number of likely N-dealkylation sites (tertiary alicyclic amines) is 1. The Morgan fingerprint density at radius 2 is 2.04 bits per heavy atom. The molecule has 2 aromatic rings. The van der Waals surface area contributed by atoms with Crippen LogP contribution in [0.2, 0.25) is 0 Å². The van der Waals surface area contributed by atoms with Crippen molar-refractivity contribution < 1.29 is 18.8 Å². The first-order chi connectivity index (χ1) is 12.3. The first-order valence-electron chi connectivity index (χ1n) is 8.64. The Morgan fingerprint density at radius 1 is 1.27 bits per heavy atom. The Labute approximate surface area is 153 Å². The first kappa shape index (κ1) is 18.2. The summed E-state index contributed by atoms with van der Waals surface area (Å²) < 4.78 is 16.1. The van der Waals surface area contributed by atoms with Crippen LogP contribution in [0.5, 0.6) is 11.5 Å². The van der Waals surface area contributed by atoms with Crippen molar-refractivity contribution in [1.29, 1.82) is 0 Å². The molecule has 1 aromatic carbocycles. The van der Waals surface area contributed by atoms with E-state index < -0.39 is 0 Å². The number of aromatic nitrogens is 2. The second kappa shape index (κ2) is 6.97. The summed E-state index contributed by atoms with van der Waals surface area (Å²) in [6, 6.07) is 5.58. The summed E-state index contributed by atoms with van der Waals surface area (Å²) in [5.41, 5.74) is 0.722. The molecular formula is C19H25N3O4. The van der Waals surface area contributed by atoms with E-state index in [1.54, 1.807) is 19.1 Å². The van der Waals surface area contributed by atoms with Crippen LogP contribution in [-0.4, -0.2) is 41.7 Å². The van der Waals surface area contributed by atoms with Crippen LogP contribution in [0.15, 0.2) is 22.7 Å². The van der Waals surface area contributed by atoms with Gasteiger partial charge in [-0.25, -0.2) is 0 Å². The van der Waals surface area contributed by atoms with Gasteiger partial charge in [-0.1, -0.05) is 25.9 Å². The summed E-state index contributed by atoms with van der Waals surface area (Å²) in [5, 5.41) is 4.06. The summed E-state index contributed by atoms with van der Waals surface area (Å²) in [7, 11) is 3.23. The lowest BCUT2D eigenvalue weighted by Gasteiger charge is -2.18. The van der Waals surface area contributed by atoms with E-state index in [0.717, 1.165) is 17.1 Å². The van der Waals surface area contributed by atoms with Crippen LogP contribution in [0, 0.1) is 0 Å². The highest BCUT2D eigenvalue weighted by Gasteiger charge is 2.35. The van der Waals surface area contributed by atoms with Crippen LogP contribution in [0.4, 0.5) is 0 Å². The number of carbonyl (C=O) groups excluding carboxylic acids is 1. The van der Waals surface area contributed by atoms with Crippen molar-refractivity contribution in [2.45, 2.75) is 45.1 Å². The molecule has 1 unspecified atom stereocenters. The van der Waals surface area contributed by atoms with Gasteiger partial charge in [0.05, 0.1) is 20.1 Å². The van der Waals surface area contributed by atoms with Crippen molar-refractivity contribution in [3.63, 3.8) is 0 Å². The third kappa shape index (κ3) is 3.66. The molecule has 1 aliphatic heterocycles. The van der Waals surface area contributed by atoms with Crippen molar-refractivity contribution in [2.75, 3.05) is 20.8 Å². The fourth-order valence-electron chi connectivity index (χ4n) is 3.01. The monoisotopic (exact) mass is 359 g/mol. The Kier molecular flexibility index (Phi) is 4.89. The van der Waals surface area contributed by atoms with Gasteiger partial charge in [-0.15, -0.1) is 0 Å². The van der Waals surface area contributed by atoms with Crippen LogP contribution in [0.1, 0.15) is 50.4 Å². The largest absolute Gasteiger partial charge is 0.497 e. The van der Waals surface area contributed by atoms with Gasteiger partial charge in [-0.3, -0.25) is 4.79 Å². The molecule has 1 aliphatic rings. The smallest absolute Gasteiger partial charge is 0.232 e. The molecule has 7 nitrogen and oxygen atoms in total. The Hall–Kier alpha value is -2.57. The number of benzene rings is 1. The number of hydrogen-bond acceptors (Lipinski definition) is 6. The van der Waals surface area contributed by atoms with E-state index in [9.17, 15) is 4.79 Å². The van der Waals surface area contributed by atoms with Gasteiger partial charge in [0.25, 0.3) is 0 Å². The van der Waals surface area contributed by atoms with E-state index in [4.69, 9.17) is 14.0 Å². The fraction of sp³-hybridized carbons (Fsp3) is 0.526. The summed E-state index contributed by atoms with van der Waals surface area (Å²) in [5.74, 6) is 2.64. The van der Waals surface area contributed by atoms with Crippen LogP contribution < -0.4 is 9.47 Å². The molecule has 0 spiro atoms. The van der Waals surface area contributed by atoms with Crippen molar-refractivity contribution in [3.05, 3.63) is 35.5 Å². The number of carbonyl (C=O) groups is 1. The Morgan fingerprint density at radius 3 is 2.65 bits per heavy atom. The molecule has 3 rings (SSSR count). The standard InChI is InChI=1S/C19H25N3O4/c1-19(2,3)18-20-17(26-21-18)13-9-16(23)22(11-13)10-12-8-14(24-4)6-7-15(12)25-5/h6-8,13H,9-11H2,1-5H3. The lowest BCUT2D eigenvalue weighted by molar-refractivity contribution is -0.128. The van der Waals surface area contributed by atoms with Crippen molar-refractivity contribution >= 4 is 5.91 Å². The highest BCUT2D eigenvalue weighted by molar-refractivity contribution is 5.79. The number of methoxy groups -OCH3 is 2. The zero-order valence-corrected chi connectivity index (χ0v) is 15.9. The van der Waals surface area contributed by atoms with Crippen LogP contribution >= 0.6 is 0 Å². The maximum atomic E-state index is 12.5. The second-order valence-electron chi connectivity index (χ2n) is 7.56. The average Bonchev–Trinajstić information content (AvgIpc) is 3.22. The summed E-state index contributed by atoms with van der Waals surface area (Å²) in [6.07, 6.45) is 0.373. The topological polar surface area (TPSA) is 77.7 Å². The lowest BCUT2D eigenvalue weighted by atomic mass is 9.96. The van der Waals surface area contributed by atoms with Gasteiger partial charge < -0.3 is 18.9 Å². The molecule has 1 amide bonds. The van der Waals surface area contributed by atoms with Gasteiger partial charge in [-0.05, 0) is 18.2 Å². The van der Waals surface area contributed by atoms with E-state index in [2.05, 4.69) is 10.1 Å². The second-order valence-corrected chi connectivity index (χ2v) is 7.56. The predicted octanol–water partition coefficient (Wildman–Crippen LogP) is 2.90. The molecule has 1 fully saturated rings. The maximum Gasteiger partial charge on any atom is 0.232 e. The minimum Gasteiger partial charge on any atom is -0.497 e. The number of ether oxygens (including phenoxy) is 2. The molecule has 0 bridgehead atoms. The van der Waals surface area contributed by atoms with Crippen LogP contribution in [0.25, 0.3) is 0 Å². The molecule has 1 atom stereocenters. The van der Waals surface area contributed by atoms with Crippen molar-refractivity contribution in [1.82, 2.24) is 15.0 Å². The normalized spacial score (nSPS) is 17.7. The molecule has 140 valence electrons. The molecule has 7 heteroatoms. The Balaban J connectivity index is 1.75. The molecule has 2 heterocycles. The summed E-state index contributed by atoms with van der Waals surface area (Å²) in [4.78, 5) is 18.8. The highest BCUT2D eigenvalue weighted by Crippen LogP contribution is 2.32. The van der Waals surface area contributed by atoms with E-state index in [0.29, 0.717) is 31.2 Å². The third-order valence-electron chi connectivity index (χ3n) is 4.53. The molecule has 0 aliphatic carbocycles. The van der Waals surface area contributed by atoms with Crippen LogP contribution in [-0.2, 0) is 16.8 Å². The lowest BCUT2D eigenvalue weighted by Crippen LogP contribution is -2.24. The summed E-state index contributed by atoms with van der Waals surface area (Å²) >= 11 is 0. The van der Waals surface area contributed by atoms with Gasteiger partial charge in [0.1, 0.15) is 11.5 Å². The highest BCUT2D eigenvalue weighted by atomic mass is 16.5. The molecule has 0 N–H and O–H groups in total. The number of rotatable bonds is 5. The van der Waals surface area contributed by atoms with Gasteiger partial charge in [-0.2, -0.15) is 4.98 Å². The maximum absolute atomic E-state index is 12.5. The van der Waals surface area contributed by atoms with Gasteiger partial charge in [0.15, 0.2) is 5.82 Å². The first-order valence-corrected chi connectivity index (χ1v) is 8.64. The van der Waals surface area contributed by atoms with E-state index in [1.165, 1.54) is 0 Å². The van der Waals surface area contributed by atoms with Gasteiger partial charge in [0.2, 0.25) is 11.8 Å². The average molecular weight is 359 g/mol. The minimum atomic E-state index is -0.183. The SMILES string of the molecule is COc1ccc(OC)c(CN2CC(c3nc(C(C)(C)C)no3)CC2=O)c1. The quantitative estimate of drug-likeness (QED) is 0.817. The van der Waals surface area contributed by atoms with E-state index in [-0.39, 0.29) is 17.2 Å². The van der Waals surface area contributed by atoms with Crippen LogP contribution in [0.3, 0.4) is 0 Å². The third-order valence-corrected chi connectivity index (χ3v) is 4.53. The minimum absolute atomic E-state index is 0.0652. The zero-order chi connectivity index (χ0) is 18.9. The van der Waals surface area contributed by atoms with Crippen molar-refractivity contribution in [3.8, 4) is 11.5 Å². The van der Waals surface area contributed by atoms with Gasteiger partial charge >= 0.3 is 0 Å². The van der Waals surface area contributed by atoms with E-state index >= 15 is 0 Å². The molecule has 1 saturated heterocycles. The summed E-state index contributed by atoms with van der Waals surface area (Å²) in [6.45, 7) is 7.09. The van der Waals surface area contributed by atoms with Crippen molar-refractivity contribution in [2.24, 2.45) is 0 Å². The molecular weight excluding hydrogens is 334 g/mol. The number of nitrogens with zero attached hydrogens (tertiary/aromatic N) is 3. The van der Waals surface area contributed by atoms with Gasteiger partial charge in [0, 0.05) is 30.5 Å². The molecule has 0 radical (unpaired) electrons. The zero-order valence-electron chi connectivity index (χ0n) is 15.9. The number of hydrogen-bond donors (Lipinski definition) is 0. The molecule has 26 heavy (non-hydrogen) atoms. The number of amides is 1. The molecule has 0 saturated carbocycles. The predicted molar refractivity (Wildman–Crippen MR) is 95.3 cm³/mol. The molecule has 1 aromatic heterocycles. The Bertz CT molecular complexity index is 794. The fourth-order valence-corrected chi connectivity index (χ4v) is 3.01.